The van der Waals surface area contributed by atoms with Crippen molar-refractivity contribution in [1.29, 1.82) is 0 Å². The molecule has 0 amide bonds. The molecule has 0 N–H and O–H groups in total. The van der Waals surface area contributed by atoms with Crippen molar-refractivity contribution in [1.82, 2.24) is 4.98 Å². The molecule has 6 heteroatoms. The SMILES string of the molecule is CC(N(C)c1nc(Cl)ccc1[N+](=O)[O-])C(C)(C)C. The van der Waals surface area contributed by atoms with Crippen LogP contribution in [0.2, 0.25) is 5.15 Å². The number of hydrogen-bond donors (Lipinski definition) is 0. The van der Waals surface area contributed by atoms with Crippen molar-refractivity contribution in [2.24, 2.45) is 5.41 Å². The van der Waals surface area contributed by atoms with Gasteiger partial charge in [0.2, 0.25) is 5.82 Å². The third-order valence-electron chi connectivity index (χ3n) is 3.19. The van der Waals surface area contributed by atoms with E-state index in [0.29, 0.717) is 5.82 Å². The quantitative estimate of drug-likeness (QED) is 0.479. The van der Waals surface area contributed by atoms with Crippen LogP contribution in [0.25, 0.3) is 0 Å². The Morgan fingerprint density at radius 3 is 2.44 bits per heavy atom. The number of nitrogens with zero attached hydrogens (tertiary/aromatic N) is 3. The fourth-order valence-electron chi connectivity index (χ4n) is 1.58. The number of halogens is 1. The second-order valence-corrected chi connectivity index (χ2v) is 5.77. The van der Waals surface area contributed by atoms with E-state index >= 15 is 0 Å². The summed E-state index contributed by atoms with van der Waals surface area (Å²) in [6, 6.07) is 2.90. The molecule has 0 saturated heterocycles. The molecule has 0 fully saturated rings. The van der Waals surface area contributed by atoms with Crippen molar-refractivity contribution in [2.45, 2.75) is 33.7 Å². The largest absolute Gasteiger partial charge is 0.351 e. The maximum absolute atomic E-state index is 11.0. The molecule has 0 aliphatic carbocycles. The van der Waals surface area contributed by atoms with Crippen LogP contribution in [-0.4, -0.2) is 23.0 Å². The van der Waals surface area contributed by atoms with Gasteiger partial charge in [-0.2, -0.15) is 0 Å². The molecule has 1 unspecified atom stereocenters. The molecule has 0 radical (unpaired) electrons. The van der Waals surface area contributed by atoms with Gasteiger partial charge in [-0.05, 0) is 18.4 Å². The molecule has 0 saturated carbocycles. The van der Waals surface area contributed by atoms with E-state index in [9.17, 15) is 10.1 Å². The van der Waals surface area contributed by atoms with Gasteiger partial charge in [0.05, 0.1) is 4.92 Å². The van der Waals surface area contributed by atoms with Gasteiger partial charge in [-0.15, -0.1) is 0 Å². The van der Waals surface area contributed by atoms with Crippen molar-refractivity contribution in [3.8, 4) is 0 Å². The first-order chi connectivity index (χ1) is 8.14. The van der Waals surface area contributed by atoms with Crippen molar-refractivity contribution >= 4 is 23.1 Å². The summed E-state index contributed by atoms with van der Waals surface area (Å²) < 4.78 is 0. The summed E-state index contributed by atoms with van der Waals surface area (Å²) in [4.78, 5) is 16.4. The molecule has 1 aromatic heterocycles. The maximum Gasteiger partial charge on any atom is 0.311 e. The van der Waals surface area contributed by atoms with Crippen molar-refractivity contribution in [3.05, 3.63) is 27.4 Å². The van der Waals surface area contributed by atoms with E-state index in [1.54, 1.807) is 11.9 Å². The van der Waals surface area contributed by atoms with E-state index in [1.165, 1.54) is 12.1 Å². The zero-order chi connectivity index (χ0) is 14.1. The summed E-state index contributed by atoms with van der Waals surface area (Å²) in [5.41, 5.74) is -0.0508. The Bertz CT molecular complexity index is 457. The van der Waals surface area contributed by atoms with Gasteiger partial charge in [-0.25, -0.2) is 4.98 Å². The molecule has 0 aliphatic rings. The lowest BCUT2D eigenvalue weighted by Gasteiger charge is -2.35. The van der Waals surface area contributed by atoms with Crippen LogP contribution in [0.15, 0.2) is 12.1 Å². The molecule has 100 valence electrons. The van der Waals surface area contributed by atoms with E-state index in [2.05, 4.69) is 25.8 Å². The highest BCUT2D eigenvalue weighted by Gasteiger charge is 2.29. The minimum absolute atomic E-state index is 0.0212. The lowest BCUT2D eigenvalue weighted by molar-refractivity contribution is -0.384. The van der Waals surface area contributed by atoms with Crippen molar-refractivity contribution in [3.63, 3.8) is 0 Å². The van der Waals surface area contributed by atoms with Gasteiger partial charge >= 0.3 is 5.69 Å². The summed E-state index contributed by atoms with van der Waals surface area (Å²) in [6.07, 6.45) is 0. The van der Waals surface area contributed by atoms with E-state index in [4.69, 9.17) is 11.6 Å². The molecule has 0 aliphatic heterocycles. The van der Waals surface area contributed by atoms with Crippen LogP contribution in [0.5, 0.6) is 0 Å². The molecule has 0 aromatic carbocycles. The molecule has 0 bridgehead atoms. The van der Waals surface area contributed by atoms with Gasteiger partial charge in [-0.3, -0.25) is 10.1 Å². The van der Waals surface area contributed by atoms with Crippen molar-refractivity contribution < 1.29 is 4.92 Å². The molecule has 1 aromatic rings. The first-order valence-electron chi connectivity index (χ1n) is 5.68. The number of hydrogen-bond acceptors (Lipinski definition) is 4. The minimum Gasteiger partial charge on any atom is -0.351 e. The molecule has 5 nitrogen and oxygen atoms in total. The Balaban J connectivity index is 3.23. The number of aromatic nitrogens is 1. The van der Waals surface area contributed by atoms with Gasteiger partial charge in [-0.1, -0.05) is 32.4 Å². The number of anilines is 1. The fraction of sp³-hybridized carbons (Fsp3) is 0.583. The predicted molar refractivity (Wildman–Crippen MR) is 73.2 cm³/mol. The van der Waals surface area contributed by atoms with Gasteiger partial charge in [0.1, 0.15) is 5.15 Å². The summed E-state index contributed by atoms with van der Waals surface area (Å²) in [5.74, 6) is 0.301. The predicted octanol–water partition coefficient (Wildman–Crippen LogP) is 3.51. The van der Waals surface area contributed by atoms with Crippen molar-refractivity contribution in [2.75, 3.05) is 11.9 Å². The van der Waals surface area contributed by atoms with Gasteiger partial charge in [0, 0.05) is 19.2 Å². The average molecular weight is 272 g/mol. The molecular weight excluding hydrogens is 254 g/mol. The second kappa shape index (κ2) is 5.10. The smallest absolute Gasteiger partial charge is 0.311 e. The normalized spacial score (nSPS) is 13.2. The zero-order valence-electron chi connectivity index (χ0n) is 11.3. The molecule has 1 heterocycles. The topological polar surface area (TPSA) is 59.3 Å². The molecule has 1 atom stereocenters. The third-order valence-corrected chi connectivity index (χ3v) is 3.40. The van der Waals surface area contributed by atoms with E-state index in [1.807, 2.05) is 6.92 Å². The van der Waals surface area contributed by atoms with E-state index < -0.39 is 4.92 Å². The standard InChI is InChI=1S/C12H18ClN3O2/c1-8(12(2,3)4)15(5)11-9(16(17)18)6-7-10(13)14-11/h6-8H,1-5H3. The highest BCUT2D eigenvalue weighted by molar-refractivity contribution is 6.29. The Kier molecular flexibility index (Phi) is 4.16. The lowest BCUT2D eigenvalue weighted by Crippen LogP contribution is -2.40. The first kappa shape index (κ1) is 14.7. The second-order valence-electron chi connectivity index (χ2n) is 5.39. The van der Waals surface area contributed by atoms with Crippen LogP contribution in [0.3, 0.4) is 0 Å². The third kappa shape index (κ3) is 3.10. The van der Waals surface area contributed by atoms with Gasteiger partial charge < -0.3 is 4.90 Å². The summed E-state index contributed by atoms with van der Waals surface area (Å²) in [5, 5.41) is 11.3. The van der Waals surface area contributed by atoms with Crippen LogP contribution >= 0.6 is 11.6 Å². The summed E-state index contributed by atoms with van der Waals surface area (Å²) >= 11 is 5.82. The van der Waals surface area contributed by atoms with E-state index in [-0.39, 0.29) is 22.3 Å². The Morgan fingerprint density at radius 1 is 1.44 bits per heavy atom. The average Bonchev–Trinajstić information content (AvgIpc) is 2.25. The van der Waals surface area contributed by atoms with Gasteiger partial charge in [0.25, 0.3) is 0 Å². The van der Waals surface area contributed by atoms with E-state index in [0.717, 1.165) is 0 Å². The maximum atomic E-state index is 11.0. The fourth-order valence-corrected chi connectivity index (χ4v) is 1.73. The van der Waals surface area contributed by atoms with Gasteiger partial charge in [0.15, 0.2) is 0 Å². The van der Waals surface area contributed by atoms with Crippen LogP contribution in [-0.2, 0) is 0 Å². The summed E-state index contributed by atoms with van der Waals surface area (Å²) in [7, 11) is 1.79. The Morgan fingerprint density at radius 2 is 2.00 bits per heavy atom. The van der Waals surface area contributed by atoms with Crippen LogP contribution in [0, 0.1) is 15.5 Å². The molecule has 0 spiro atoms. The number of nitro groups is 1. The minimum atomic E-state index is -0.440. The van der Waals surface area contributed by atoms with Crippen LogP contribution < -0.4 is 4.90 Å². The highest BCUT2D eigenvalue weighted by atomic mass is 35.5. The number of rotatable bonds is 3. The van der Waals surface area contributed by atoms with Crippen LogP contribution in [0.1, 0.15) is 27.7 Å². The number of pyridine rings is 1. The van der Waals surface area contributed by atoms with Crippen LogP contribution in [0.4, 0.5) is 11.5 Å². The molecule has 1 rings (SSSR count). The Labute approximate surface area is 112 Å². The molecule has 18 heavy (non-hydrogen) atoms. The molecular formula is C12H18ClN3O2. The monoisotopic (exact) mass is 271 g/mol. The lowest BCUT2D eigenvalue weighted by atomic mass is 9.87. The first-order valence-corrected chi connectivity index (χ1v) is 6.06. The highest BCUT2D eigenvalue weighted by Crippen LogP contribution is 2.32. The summed E-state index contributed by atoms with van der Waals surface area (Å²) in [6.45, 7) is 8.23. The zero-order valence-corrected chi connectivity index (χ0v) is 12.0. The Hall–Kier alpha value is -1.36.